The van der Waals surface area contributed by atoms with Gasteiger partial charge in [-0.3, -0.25) is 0 Å². The van der Waals surface area contributed by atoms with Crippen molar-refractivity contribution in [2.75, 3.05) is 24.0 Å². The minimum Gasteiger partial charge on any atom is -0.355 e. The van der Waals surface area contributed by atoms with Gasteiger partial charge in [0.15, 0.2) is 0 Å². The molecule has 0 fully saturated rings. The van der Waals surface area contributed by atoms with E-state index in [1.807, 2.05) is 18.8 Å². The van der Waals surface area contributed by atoms with Gasteiger partial charge in [0.05, 0.1) is 4.47 Å². The van der Waals surface area contributed by atoms with Crippen molar-refractivity contribution in [1.29, 1.82) is 0 Å². The molecule has 0 amide bonds. The largest absolute Gasteiger partial charge is 0.355 e. The molecule has 0 aliphatic rings. The van der Waals surface area contributed by atoms with Crippen LogP contribution in [0.5, 0.6) is 0 Å². The molecular formula is C9H13BrClN3S. The number of aromatic nitrogens is 2. The van der Waals surface area contributed by atoms with Crippen molar-refractivity contribution in [2.24, 2.45) is 0 Å². The molecule has 0 bridgehead atoms. The highest BCUT2D eigenvalue weighted by Crippen LogP contribution is 2.29. The number of hydrogen-bond acceptors (Lipinski definition) is 4. The fourth-order valence-electron chi connectivity index (χ4n) is 1.15. The van der Waals surface area contributed by atoms with Gasteiger partial charge in [-0.15, -0.1) is 0 Å². The van der Waals surface area contributed by atoms with Crippen LogP contribution < -0.4 is 4.90 Å². The average Bonchev–Trinajstić information content (AvgIpc) is 2.21. The van der Waals surface area contributed by atoms with Crippen LogP contribution in [0.2, 0.25) is 5.15 Å². The summed E-state index contributed by atoms with van der Waals surface area (Å²) in [6, 6.07) is 0.405. The monoisotopic (exact) mass is 309 g/mol. The third kappa shape index (κ3) is 3.23. The highest BCUT2D eigenvalue weighted by atomic mass is 79.9. The van der Waals surface area contributed by atoms with Crippen LogP contribution in [0.3, 0.4) is 0 Å². The highest BCUT2D eigenvalue weighted by Gasteiger charge is 2.15. The SMILES string of the molecule is CSCC(C)N(C)c1ncnc(Cl)c1Br. The lowest BCUT2D eigenvalue weighted by Gasteiger charge is -2.26. The minimum atomic E-state index is 0.405. The summed E-state index contributed by atoms with van der Waals surface area (Å²) < 4.78 is 0.752. The summed E-state index contributed by atoms with van der Waals surface area (Å²) in [5.41, 5.74) is 0. The fraction of sp³-hybridized carbons (Fsp3) is 0.556. The van der Waals surface area contributed by atoms with Gasteiger partial charge in [0, 0.05) is 18.8 Å². The topological polar surface area (TPSA) is 29.0 Å². The summed E-state index contributed by atoms with van der Waals surface area (Å²) in [5, 5.41) is 0.447. The number of anilines is 1. The van der Waals surface area contributed by atoms with E-state index in [0.29, 0.717) is 11.2 Å². The summed E-state index contributed by atoms with van der Waals surface area (Å²) in [6.45, 7) is 2.15. The van der Waals surface area contributed by atoms with E-state index in [2.05, 4.69) is 44.0 Å². The van der Waals surface area contributed by atoms with Gasteiger partial charge in [0.25, 0.3) is 0 Å². The fourth-order valence-corrected chi connectivity index (χ4v) is 2.47. The summed E-state index contributed by atoms with van der Waals surface area (Å²) in [6.07, 6.45) is 3.57. The molecule has 0 N–H and O–H groups in total. The van der Waals surface area contributed by atoms with Crippen molar-refractivity contribution in [3.05, 3.63) is 16.0 Å². The van der Waals surface area contributed by atoms with Crippen molar-refractivity contribution in [3.8, 4) is 0 Å². The van der Waals surface area contributed by atoms with Crippen molar-refractivity contribution in [1.82, 2.24) is 9.97 Å². The zero-order valence-electron chi connectivity index (χ0n) is 8.87. The van der Waals surface area contributed by atoms with E-state index in [-0.39, 0.29) is 0 Å². The first-order valence-electron chi connectivity index (χ1n) is 4.45. The summed E-state index contributed by atoms with van der Waals surface area (Å²) in [4.78, 5) is 10.2. The molecule has 3 nitrogen and oxygen atoms in total. The minimum absolute atomic E-state index is 0.405. The molecule has 0 saturated carbocycles. The number of hydrogen-bond donors (Lipinski definition) is 0. The van der Waals surface area contributed by atoms with E-state index in [4.69, 9.17) is 11.6 Å². The zero-order valence-corrected chi connectivity index (χ0v) is 12.0. The number of rotatable bonds is 4. The van der Waals surface area contributed by atoms with Gasteiger partial charge in [0.2, 0.25) is 0 Å². The molecule has 0 aliphatic heterocycles. The smallest absolute Gasteiger partial charge is 0.148 e. The molecule has 84 valence electrons. The Balaban J connectivity index is 2.90. The molecule has 1 heterocycles. The van der Waals surface area contributed by atoms with E-state index >= 15 is 0 Å². The maximum absolute atomic E-state index is 5.91. The molecule has 0 aromatic carbocycles. The van der Waals surface area contributed by atoms with Crippen molar-refractivity contribution >= 4 is 45.1 Å². The Hall–Kier alpha value is -0.0000000000000000555. The average molecular weight is 311 g/mol. The molecule has 0 aliphatic carbocycles. The zero-order chi connectivity index (χ0) is 11.4. The van der Waals surface area contributed by atoms with Crippen LogP contribution in [-0.2, 0) is 0 Å². The highest BCUT2D eigenvalue weighted by molar-refractivity contribution is 9.10. The third-order valence-corrected chi connectivity index (χ3v) is 4.19. The van der Waals surface area contributed by atoms with Crippen LogP contribution >= 0.6 is 39.3 Å². The Kier molecular flexibility index (Phi) is 5.15. The lowest BCUT2D eigenvalue weighted by atomic mass is 10.3. The second kappa shape index (κ2) is 5.92. The molecular weight excluding hydrogens is 298 g/mol. The molecule has 1 unspecified atom stereocenters. The Bertz CT molecular complexity index is 337. The van der Waals surface area contributed by atoms with Crippen LogP contribution in [0.1, 0.15) is 6.92 Å². The Morgan fingerprint density at radius 1 is 1.60 bits per heavy atom. The van der Waals surface area contributed by atoms with Crippen LogP contribution in [0.15, 0.2) is 10.8 Å². The Labute approximate surface area is 108 Å². The molecule has 0 radical (unpaired) electrons. The standard InChI is InChI=1S/C9H13BrClN3S/c1-6(4-15-3)14(2)9-7(10)8(11)12-5-13-9/h5-6H,4H2,1-3H3. The maximum atomic E-state index is 5.91. The molecule has 0 spiro atoms. The third-order valence-electron chi connectivity index (χ3n) is 2.13. The molecule has 1 aromatic rings. The van der Waals surface area contributed by atoms with E-state index < -0.39 is 0 Å². The molecule has 1 rings (SSSR count). The van der Waals surface area contributed by atoms with Crippen LogP contribution in [-0.4, -0.2) is 35.1 Å². The van der Waals surface area contributed by atoms with E-state index in [1.165, 1.54) is 6.33 Å². The molecule has 0 saturated heterocycles. The summed E-state index contributed by atoms with van der Waals surface area (Å²) in [7, 11) is 2.00. The van der Waals surface area contributed by atoms with Gasteiger partial charge in [0.1, 0.15) is 17.3 Å². The van der Waals surface area contributed by atoms with E-state index in [1.54, 1.807) is 0 Å². The first-order chi connectivity index (χ1) is 7.07. The van der Waals surface area contributed by atoms with Crippen molar-refractivity contribution in [2.45, 2.75) is 13.0 Å². The van der Waals surface area contributed by atoms with Crippen LogP contribution in [0.25, 0.3) is 0 Å². The van der Waals surface area contributed by atoms with Gasteiger partial charge in [-0.05, 0) is 29.1 Å². The van der Waals surface area contributed by atoms with Gasteiger partial charge < -0.3 is 4.90 Å². The normalized spacial score (nSPS) is 12.6. The second-order valence-corrected chi connectivity index (χ2v) is 5.28. The Morgan fingerprint density at radius 3 is 2.87 bits per heavy atom. The van der Waals surface area contributed by atoms with Gasteiger partial charge >= 0.3 is 0 Å². The second-order valence-electron chi connectivity index (χ2n) is 3.22. The predicted molar refractivity (Wildman–Crippen MR) is 71.0 cm³/mol. The Morgan fingerprint density at radius 2 is 2.27 bits per heavy atom. The number of nitrogens with zero attached hydrogens (tertiary/aromatic N) is 3. The first kappa shape index (κ1) is 13.1. The lowest BCUT2D eigenvalue weighted by molar-refractivity contribution is 0.749. The van der Waals surface area contributed by atoms with Crippen molar-refractivity contribution in [3.63, 3.8) is 0 Å². The number of halogens is 2. The maximum Gasteiger partial charge on any atom is 0.148 e. The van der Waals surface area contributed by atoms with Crippen LogP contribution in [0.4, 0.5) is 5.82 Å². The molecule has 6 heteroatoms. The first-order valence-corrected chi connectivity index (χ1v) is 7.02. The van der Waals surface area contributed by atoms with Gasteiger partial charge in [-0.2, -0.15) is 11.8 Å². The van der Waals surface area contributed by atoms with E-state index in [9.17, 15) is 0 Å². The lowest BCUT2D eigenvalue weighted by Crippen LogP contribution is -2.31. The van der Waals surface area contributed by atoms with Gasteiger partial charge in [-0.1, -0.05) is 11.6 Å². The molecule has 1 aromatic heterocycles. The quantitative estimate of drug-likeness (QED) is 0.799. The summed E-state index contributed by atoms with van der Waals surface area (Å²) >= 11 is 11.1. The predicted octanol–water partition coefficient (Wildman–Crippen LogP) is 3.08. The van der Waals surface area contributed by atoms with Gasteiger partial charge in [-0.25, -0.2) is 9.97 Å². The molecule has 15 heavy (non-hydrogen) atoms. The van der Waals surface area contributed by atoms with E-state index in [0.717, 1.165) is 16.0 Å². The van der Waals surface area contributed by atoms with Crippen LogP contribution in [0, 0.1) is 0 Å². The van der Waals surface area contributed by atoms with Crippen molar-refractivity contribution < 1.29 is 0 Å². The summed E-state index contributed by atoms with van der Waals surface area (Å²) in [5.74, 6) is 1.88. The number of thioether (sulfide) groups is 1. The molecule has 1 atom stereocenters.